The molecule has 0 bridgehead atoms. The molecular formula is C15H10BrN3O. The minimum absolute atomic E-state index is 0.559. The second-order valence-electron chi connectivity index (χ2n) is 4.21. The summed E-state index contributed by atoms with van der Waals surface area (Å²) < 4.78 is 2.67. The first-order valence-corrected chi connectivity index (χ1v) is 6.78. The number of pyridine rings is 1. The third kappa shape index (κ3) is 2.40. The van der Waals surface area contributed by atoms with Gasteiger partial charge in [-0.15, -0.1) is 0 Å². The van der Waals surface area contributed by atoms with Gasteiger partial charge in [0.25, 0.3) is 0 Å². The van der Waals surface area contributed by atoms with Crippen molar-refractivity contribution in [2.45, 2.75) is 0 Å². The number of benzene rings is 1. The zero-order chi connectivity index (χ0) is 13.9. The zero-order valence-electron chi connectivity index (χ0n) is 10.4. The average molecular weight is 328 g/mol. The number of halogens is 1. The summed E-state index contributed by atoms with van der Waals surface area (Å²) in [6, 6.07) is 11.4. The lowest BCUT2D eigenvalue weighted by atomic mass is 10.1. The molecule has 0 fully saturated rings. The van der Waals surface area contributed by atoms with Crippen LogP contribution >= 0.6 is 15.9 Å². The Labute approximate surface area is 124 Å². The summed E-state index contributed by atoms with van der Waals surface area (Å²) in [5.41, 5.74) is 3.00. The van der Waals surface area contributed by atoms with E-state index in [1.165, 1.54) is 0 Å². The summed E-state index contributed by atoms with van der Waals surface area (Å²) in [4.78, 5) is 15.2. The molecule has 0 spiro atoms. The molecule has 5 heteroatoms. The molecule has 98 valence electrons. The van der Waals surface area contributed by atoms with Gasteiger partial charge in [-0.25, -0.2) is 4.68 Å². The summed E-state index contributed by atoms with van der Waals surface area (Å²) in [5.74, 6) is 0. The fourth-order valence-corrected chi connectivity index (χ4v) is 2.20. The molecule has 0 saturated heterocycles. The summed E-state index contributed by atoms with van der Waals surface area (Å²) in [5, 5.41) is 4.49. The van der Waals surface area contributed by atoms with Crippen LogP contribution in [0.25, 0.3) is 16.9 Å². The minimum Gasteiger partial charge on any atom is -0.298 e. The Hall–Kier alpha value is -2.27. The highest BCUT2D eigenvalue weighted by Gasteiger charge is 2.11. The van der Waals surface area contributed by atoms with E-state index in [9.17, 15) is 4.79 Å². The maximum absolute atomic E-state index is 11.2. The fraction of sp³-hybridized carbons (Fsp3) is 0. The molecule has 2 heterocycles. The van der Waals surface area contributed by atoms with Gasteiger partial charge in [-0.2, -0.15) is 5.10 Å². The quantitative estimate of drug-likeness (QED) is 0.691. The first kappa shape index (κ1) is 12.7. The van der Waals surface area contributed by atoms with Crippen molar-refractivity contribution in [3.63, 3.8) is 0 Å². The van der Waals surface area contributed by atoms with Crippen LogP contribution in [0.3, 0.4) is 0 Å². The topological polar surface area (TPSA) is 47.8 Å². The first-order valence-electron chi connectivity index (χ1n) is 5.99. The van der Waals surface area contributed by atoms with Crippen LogP contribution in [0.5, 0.6) is 0 Å². The van der Waals surface area contributed by atoms with E-state index in [1.54, 1.807) is 23.3 Å². The highest BCUT2D eigenvalue weighted by Crippen LogP contribution is 2.24. The molecule has 2 aromatic heterocycles. The Morgan fingerprint density at radius 2 is 1.75 bits per heavy atom. The Morgan fingerprint density at radius 1 is 1.05 bits per heavy atom. The van der Waals surface area contributed by atoms with E-state index in [-0.39, 0.29) is 0 Å². The predicted molar refractivity (Wildman–Crippen MR) is 79.9 cm³/mol. The Kier molecular flexibility index (Phi) is 3.43. The van der Waals surface area contributed by atoms with Gasteiger partial charge in [0.1, 0.15) is 5.69 Å². The maximum Gasteiger partial charge on any atom is 0.153 e. The molecule has 0 N–H and O–H groups in total. The summed E-state index contributed by atoms with van der Waals surface area (Å²) in [6.45, 7) is 0. The molecule has 4 nitrogen and oxygen atoms in total. The first-order chi connectivity index (χ1) is 9.78. The van der Waals surface area contributed by atoms with E-state index in [2.05, 4.69) is 26.0 Å². The maximum atomic E-state index is 11.2. The second-order valence-corrected chi connectivity index (χ2v) is 5.12. The Bertz CT molecular complexity index is 736. The Balaban J connectivity index is 2.10. The van der Waals surface area contributed by atoms with Gasteiger partial charge in [-0.3, -0.25) is 9.78 Å². The van der Waals surface area contributed by atoms with Gasteiger partial charge < -0.3 is 0 Å². The minimum atomic E-state index is 0.559. The number of carbonyl (C=O) groups excluding carboxylic acids is 1. The molecule has 3 aromatic rings. The molecule has 0 unspecified atom stereocenters. The van der Waals surface area contributed by atoms with Crippen molar-refractivity contribution < 1.29 is 4.79 Å². The second kappa shape index (κ2) is 5.38. The largest absolute Gasteiger partial charge is 0.298 e. The number of hydrogen-bond acceptors (Lipinski definition) is 3. The van der Waals surface area contributed by atoms with Crippen LogP contribution < -0.4 is 0 Å². The van der Waals surface area contributed by atoms with Crippen LogP contribution in [-0.2, 0) is 0 Å². The smallest absolute Gasteiger partial charge is 0.153 e. The molecule has 0 radical (unpaired) electrons. The lowest BCUT2D eigenvalue weighted by molar-refractivity contribution is 0.112. The number of nitrogens with zero attached hydrogens (tertiary/aromatic N) is 3. The van der Waals surface area contributed by atoms with E-state index in [4.69, 9.17) is 0 Å². The molecule has 3 rings (SSSR count). The van der Waals surface area contributed by atoms with Crippen LogP contribution in [0.4, 0.5) is 0 Å². The van der Waals surface area contributed by atoms with Crippen molar-refractivity contribution in [2.75, 3.05) is 0 Å². The molecule has 0 amide bonds. The molecule has 0 aliphatic rings. The van der Waals surface area contributed by atoms with Gasteiger partial charge in [0, 0.05) is 28.6 Å². The lowest BCUT2D eigenvalue weighted by Gasteiger charge is -2.00. The lowest BCUT2D eigenvalue weighted by Crippen LogP contribution is -1.94. The van der Waals surface area contributed by atoms with Crippen LogP contribution in [0.2, 0.25) is 0 Å². The number of aldehydes is 1. The molecule has 20 heavy (non-hydrogen) atoms. The van der Waals surface area contributed by atoms with Crippen LogP contribution in [-0.4, -0.2) is 21.1 Å². The summed E-state index contributed by atoms with van der Waals surface area (Å²) in [6.07, 6.45) is 5.93. The monoisotopic (exact) mass is 327 g/mol. The van der Waals surface area contributed by atoms with Gasteiger partial charge in [-0.1, -0.05) is 28.1 Å². The van der Waals surface area contributed by atoms with Crippen LogP contribution in [0.1, 0.15) is 10.4 Å². The van der Waals surface area contributed by atoms with E-state index >= 15 is 0 Å². The predicted octanol–water partition coefficient (Wildman–Crippen LogP) is 3.51. The van der Waals surface area contributed by atoms with Gasteiger partial charge in [-0.05, 0) is 24.3 Å². The van der Waals surface area contributed by atoms with Crippen molar-refractivity contribution in [1.82, 2.24) is 14.8 Å². The summed E-state index contributed by atoms with van der Waals surface area (Å²) >= 11 is 3.39. The molecule has 0 saturated carbocycles. The molecule has 1 aromatic carbocycles. The van der Waals surface area contributed by atoms with Crippen molar-refractivity contribution in [3.05, 3.63) is 65.0 Å². The van der Waals surface area contributed by atoms with E-state index in [0.29, 0.717) is 11.3 Å². The number of rotatable bonds is 3. The normalized spacial score (nSPS) is 10.4. The van der Waals surface area contributed by atoms with Crippen LogP contribution in [0.15, 0.2) is 59.5 Å². The Morgan fingerprint density at radius 3 is 2.40 bits per heavy atom. The van der Waals surface area contributed by atoms with Gasteiger partial charge in [0.15, 0.2) is 6.29 Å². The third-order valence-corrected chi connectivity index (χ3v) is 3.44. The van der Waals surface area contributed by atoms with Gasteiger partial charge in [0.05, 0.1) is 11.3 Å². The van der Waals surface area contributed by atoms with Crippen molar-refractivity contribution in [2.24, 2.45) is 0 Å². The fourth-order valence-electron chi connectivity index (χ4n) is 1.93. The summed E-state index contributed by atoms with van der Waals surface area (Å²) in [7, 11) is 0. The van der Waals surface area contributed by atoms with E-state index in [1.807, 2.05) is 36.4 Å². The van der Waals surface area contributed by atoms with Crippen molar-refractivity contribution >= 4 is 22.2 Å². The van der Waals surface area contributed by atoms with E-state index in [0.717, 1.165) is 22.0 Å². The number of aromatic nitrogens is 3. The zero-order valence-corrected chi connectivity index (χ0v) is 12.0. The third-order valence-electron chi connectivity index (χ3n) is 2.91. The number of hydrogen-bond donors (Lipinski definition) is 0. The molecular weight excluding hydrogens is 318 g/mol. The molecule has 0 aliphatic carbocycles. The standard InChI is InChI=1S/C15H10BrN3O/c16-13-3-1-11(2-4-13)15-12(10-20)9-19(18-15)14-5-7-17-8-6-14/h1-10H. The highest BCUT2D eigenvalue weighted by molar-refractivity contribution is 9.10. The van der Waals surface area contributed by atoms with Gasteiger partial charge >= 0.3 is 0 Å². The van der Waals surface area contributed by atoms with Crippen molar-refractivity contribution in [1.29, 1.82) is 0 Å². The SMILES string of the molecule is O=Cc1cn(-c2ccncc2)nc1-c1ccc(Br)cc1. The molecule has 0 aliphatic heterocycles. The molecule has 0 atom stereocenters. The van der Waals surface area contributed by atoms with Crippen LogP contribution in [0, 0.1) is 0 Å². The highest BCUT2D eigenvalue weighted by atomic mass is 79.9. The average Bonchev–Trinajstić information content (AvgIpc) is 2.93. The van der Waals surface area contributed by atoms with E-state index < -0.39 is 0 Å². The van der Waals surface area contributed by atoms with Crippen molar-refractivity contribution in [3.8, 4) is 16.9 Å². The van der Waals surface area contributed by atoms with Gasteiger partial charge in [0.2, 0.25) is 0 Å². The number of carbonyl (C=O) groups is 1.